The molecule has 0 radical (unpaired) electrons. The number of pyridine rings is 1. The van der Waals surface area contributed by atoms with Gasteiger partial charge in [0.2, 0.25) is 5.88 Å². The molecule has 0 unspecified atom stereocenters. The molecule has 16 rings (SSSR count). The molecule has 0 aliphatic heterocycles. The molecule has 0 saturated carbocycles. The Balaban J connectivity index is 0.000000155. The van der Waals surface area contributed by atoms with Crippen LogP contribution in [0, 0.1) is 80.9 Å². The number of nitrogens with zero attached hydrogens (tertiary/aromatic N) is 17. The van der Waals surface area contributed by atoms with E-state index < -0.39 is 12.2 Å². The average Bonchev–Trinajstić information content (AvgIpc) is 1.82. The Morgan fingerprint density at radius 3 is 1.02 bits per heavy atom. The first kappa shape index (κ1) is 88.8. The van der Waals surface area contributed by atoms with E-state index in [2.05, 4.69) is 131 Å². The summed E-state index contributed by atoms with van der Waals surface area (Å²) in [6.45, 7) is 23.3. The van der Waals surface area contributed by atoms with Crippen molar-refractivity contribution in [2.24, 2.45) is 0 Å². The van der Waals surface area contributed by atoms with E-state index in [1.54, 1.807) is 77.6 Å². The molecule has 0 saturated heterocycles. The van der Waals surface area contributed by atoms with Crippen LogP contribution in [0.2, 0.25) is 10.0 Å². The van der Waals surface area contributed by atoms with Gasteiger partial charge in [0.15, 0.2) is 58.2 Å². The van der Waals surface area contributed by atoms with Crippen LogP contribution in [-0.2, 0) is 0 Å². The minimum absolute atomic E-state index is 0.163. The zero-order valence-corrected chi connectivity index (χ0v) is 68.7. The van der Waals surface area contributed by atoms with Crippen LogP contribution in [0.25, 0.3) is 91.1 Å². The molecule has 119 heavy (non-hydrogen) atoms. The summed E-state index contributed by atoms with van der Waals surface area (Å²) in [4.78, 5) is 37.6. The number of aryl methyl sites for hydroxylation is 8. The first-order valence-corrected chi connectivity index (χ1v) is 37.0. The summed E-state index contributed by atoms with van der Waals surface area (Å²) in [6.07, 6.45) is -3.05. The second kappa shape index (κ2) is 43.0. The fraction of sp³-hybridized carbons (Fsp3) is 0.222. The van der Waals surface area contributed by atoms with E-state index in [4.69, 9.17) is 46.9 Å². The van der Waals surface area contributed by atoms with Crippen LogP contribution in [0.15, 0.2) is 164 Å². The summed E-state index contributed by atoms with van der Waals surface area (Å²) in [7, 11) is 4.63. The number of ether oxygens (including phenoxy) is 6. The monoisotopic (exact) mass is 1670 g/mol. The molecular formula is C81H84Cl2F5N25O6. The van der Waals surface area contributed by atoms with E-state index in [-0.39, 0.29) is 28.7 Å². The SMILES string of the molecule is CCOc1ccccc1-c1n[nH]c(C)n1.CCOc1ncccc1-c1n[nH]c(C)n1.COc1c(Cl)cccc1-c1n[nH]c(C)n1.COc1c(F)cccc1-c1n[nH]c(C)n1.COc1ccccc1-c1n[nH]c(C)n1.Cc1nc(-c2cccc(Cl)c2C)n[nH]1.Cc1nc(-c2cccc(F)c2C)n[nH]1.Cc1nc(-c2ccccc2OC(F)(F)F)n[nH]1. The maximum Gasteiger partial charge on any atom is 0.573 e. The summed E-state index contributed by atoms with van der Waals surface area (Å²) in [6, 6.07) is 45.6. The lowest BCUT2D eigenvalue weighted by molar-refractivity contribution is -0.274. The molecule has 0 atom stereocenters. The van der Waals surface area contributed by atoms with Crippen molar-refractivity contribution in [3.63, 3.8) is 0 Å². The Hall–Kier alpha value is -14.2. The molecule has 16 aromatic rings. The lowest BCUT2D eigenvalue weighted by Gasteiger charge is -2.11. The number of H-pyrrole nitrogens is 8. The van der Waals surface area contributed by atoms with Crippen molar-refractivity contribution in [3.05, 3.63) is 243 Å². The molecule has 9 heterocycles. The average molecular weight is 1670 g/mol. The third-order valence-corrected chi connectivity index (χ3v) is 16.7. The standard InChI is InChI=1S/C11H13N3O.C10H10ClN3O.C10H10ClN3.C10H8F3N3O.C10H10FN3O.C10H10FN3.C10H12N4O.C10H11N3O/c1-3-15-10-7-5-4-6-9(10)11-12-8(2)13-14-11;1-6-12-10(14-13-6)7-4-3-5-8(11)9(7)15-2;1-6-8(4-3-5-9(6)11)10-12-7(2)13-14-10;1-6-14-9(16-15-6)7-4-2-3-5-8(7)17-10(11,12)13;1-6-12-10(14-13-6)7-4-3-5-8(11)9(7)15-2;1-6-8(4-3-5-9(6)11)10-12-7(2)13-14-10;1-3-15-10-8(5-4-6-11-10)9-12-7(2)13-14-9;1-7-11-10(13-12-7)8-5-3-4-6-9(8)14-2/h4-7H,3H2,1-2H3,(H,12,13,14);3-5H,1-2H3,(H,12,13,14);3-5H,1-2H3,(H,12,13,14);2-5H,1H3,(H,14,15,16);3-5H,1-2H3,(H,12,13,14);3-5H,1-2H3,(H,12,13,14);4-6H,3H2,1-2H3,(H,12,13,14);3-6H,1-2H3,(H,11,12,13). The van der Waals surface area contributed by atoms with Gasteiger partial charge < -0.3 is 28.4 Å². The van der Waals surface area contributed by atoms with Crippen molar-refractivity contribution in [1.82, 2.24) is 126 Å². The number of benzene rings is 7. The Morgan fingerprint density at radius 1 is 0.311 bits per heavy atom. The highest BCUT2D eigenvalue weighted by atomic mass is 35.5. The van der Waals surface area contributed by atoms with Crippen molar-refractivity contribution >= 4 is 23.2 Å². The second-order valence-electron chi connectivity index (χ2n) is 24.9. The number of halogens is 7. The highest BCUT2D eigenvalue weighted by Gasteiger charge is 2.33. The third kappa shape index (κ3) is 25.2. The molecule has 0 amide bonds. The molecule has 0 aliphatic rings. The van der Waals surface area contributed by atoms with Crippen LogP contribution in [0.4, 0.5) is 22.0 Å². The molecule has 31 nitrogen and oxygen atoms in total. The first-order chi connectivity index (χ1) is 57.2. The van der Waals surface area contributed by atoms with Gasteiger partial charge >= 0.3 is 6.36 Å². The molecule has 7 aromatic carbocycles. The van der Waals surface area contributed by atoms with Gasteiger partial charge in [-0.25, -0.2) is 53.6 Å². The van der Waals surface area contributed by atoms with E-state index in [1.165, 1.54) is 37.4 Å². The number of aromatic amines is 8. The van der Waals surface area contributed by atoms with Crippen molar-refractivity contribution in [1.29, 1.82) is 0 Å². The van der Waals surface area contributed by atoms with Gasteiger partial charge in [-0.15, -0.1) is 13.2 Å². The quantitative estimate of drug-likeness (QED) is 0.0417. The van der Waals surface area contributed by atoms with Gasteiger partial charge in [-0.2, -0.15) is 40.8 Å². The van der Waals surface area contributed by atoms with E-state index in [0.717, 1.165) is 90.4 Å². The van der Waals surface area contributed by atoms with Gasteiger partial charge in [0.25, 0.3) is 0 Å². The second-order valence-corrected chi connectivity index (χ2v) is 25.7. The van der Waals surface area contributed by atoms with Crippen LogP contribution in [0.1, 0.15) is 71.6 Å². The van der Waals surface area contributed by atoms with Crippen LogP contribution in [-0.4, -0.2) is 167 Å². The number of aromatic nitrogens is 25. The van der Waals surface area contributed by atoms with Gasteiger partial charge in [0.1, 0.15) is 75.4 Å². The van der Waals surface area contributed by atoms with Crippen molar-refractivity contribution < 1.29 is 50.4 Å². The van der Waals surface area contributed by atoms with E-state index in [0.29, 0.717) is 93.4 Å². The van der Waals surface area contributed by atoms with Gasteiger partial charge in [-0.3, -0.25) is 40.8 Å². The smallest absolute Gasteiger partial charge is 0.496 e. The maximum atomic E-state index is 13.4. The molecule has 0 bridgehead atoms. The number of hydrogen-bond donors (Lipinski definition) is 8. The van der Waals surface area contributed by atoms with Crippen LogP contribution < -0.4 is 28.4 Å². The lowest BCUT2D eigenvalue weighted by atomic mass is 10.1. The Morgan fingerprint density at radius 2 is 0.622 bits per heavy atom. The number of hydrogen-bond acceptors (Lipinski definition) is 23. The fourth-order valence-corrected chi connectivity index (χ4v) is 11.1. The maximum absolute atomic E-state index is 13.4. The molecule has 8 N–H and O–H groups in total. The largest absolute Gasteiger partial charge is 0.573 e. The number of rotatable bonds is 16. The zero-order valence-electron chi connectivity index (χ0n) is 67.2. The predicted molar refractivity (Wildman–Crippen MR) is 438 cm³/mol. The minimum atomic E-state index is -4.73. The van der Waals surface area contributed by atoms with Gasteiger partial charge in [-0.1, -0.05) is 96.0 Å². The van der Waals surface area contributed by atoms with Crippen molar-refractivity contribution in [3.8, 4) is 126 Å². The molecule has 0 aliphatic carbocycles. The Labute approximate surface area is 689 Å². The summed E-state index contributed by atoms with van der Waals surface area (Å²) in [5.41, 5.74) is 7.44. The Kier molecular flexibility index (Phi) is 32.1. The minimum Gasteiger partial charge on any atom is -0.496 e. The third-order valence-electron chi connectivity index (χ3n) is 16.0. The number of alkyl halides is 3. The molecule has 38 heteroatoms. The predicted octanol–water partition coefficient (Wildman–Crippen LogP) is 17.6. The van der Waals surface area contributed by atoms with E-state index >= 15 is 0 Å². The van der Waals surface area contributed by atoms with E-state index in [1.807, 2.05) is 153 Å². The molecule has 618 valence electrons. The van der Waals surface area contributed by atoms with Crippen molar-refractivity contribution in [2.45, 2.75) is 89.4 Å². The first-order valence-electron chi connectivity index (χ1n) is 36.3. The van der Waals surface area contributed by atoms with Gasteiger partial charge in [0.05, 0.1) is 72.9 Å². The normalized spacial score (nSPS) is 10.5. The summed E-state index contributed by atoms with van der Waals surface area (Å²) < 4.78 is 93.3. The molecular weight excluding hydrogens is 1580 g/mol. The van der Waals surface area contributed by atoms with Gasteiger partial charge in [0, 0.05) is 22.3 Å². The van der Waals surface area contributed by atoms with Crippen molar-refractivity contribution in [2.75, 3.05) is 34.5 Å². The van der Waals surface area contributed by atoms with Crippen LogP contribution in [0.3, 0.4) is 0 Å². The molecule has 0 fully saturated rings. The molecule has 9 aromatic heterocycles. The number of para-hydroxylation sites is 5. The highest BCUT2D eigenvalue weighted by Crippen LogP contribution is 2.37. The summed E-state index contributed by atoms with van der Waals surface area (Å²) in [5, 5.41) is 55.4. The molecule has 0 spiro atoms. The fourth-order valence-electron chi connectivity index (χ4n) is 10.6. The van der Waals surface area contributed by atoms with Crippen LogP contribution in [0.5, 0.6) is 34.6 Å². The topological polar surface area (TPSA) is 401 Å². The number of nitrogens with one attached hydrogen (secondary N) is 8. The van der Waals surface area contributed by atoms with Gasteiger partial charge in [-0.05, 0) is 179 Å². The lowest BCUT2D eigenvalue weighted by Crippen LogP contribution is -2.17. The highest BCUT2D eigenvalue weighted by molar-refractivity contribution is 6.32. The number of methoxy groups -OCH3 is 3. The summed E-state index contributed by atoms with van der Waals surface area (Å²) in [5.74, 6) is 12.2. The zero-order chi connectivity index (χ0) is 85.7. The Bertz CT molecular complexity index is 5620. The van der Waals surface area contributed by atoms with Crippen LogP contribution >= 0.6 is 23.2 Å². The summed E-state index contributed by atoms with van der Waals surface area (Å²) >= 11 is 12.0. The van der Waals surface area contributed by atoms with E-state index in [9.17, 15) is 22.0 Å².